The number of methoxy groups -OCH3 is 1. The van der Waals surface area contributed by atoms with Crippen molar-refractivity contribution in [2.45, 2.75) is 32.3 Å². The maximum Gasteiger partial charge on any atom is 0.160 e. The van der Waals surface area contributed by atoms with Gasteiger partial charge in [0.2, 0.25) is 0 Å². The highest BCUT2D eigenvalue weighted by Crippen LogP contribution is 2.39. The van der Waals surface area contributed by atoms with Crippen LogP contribution in [-0.4, -0.2) is 17.1 Å². The highest BCUT2D eigenvalue weighted by Gasteiger charge is 2.23. The first-order valence-electron chi connectivity index (χ1n) is 6.06. The van der Waals surface area contributed by atoms with E-state index in [1.54, 1.807) is 18.4 Å². The van der Waals surface area contributed by atoms with E-state index in [-0.39, 0.29) is 6.10 Å². The number of thiophene rings is 1. The van der Waals surface area contributed by atoms with E-state index in [2.05, 4.69) is 15.4 Å². The Morgan fingerprint density at radius 1 is 1.39 bits per heavy atom. The minimum atomic E-state index is -0.126. The second-order valence-corrected chi connectivity index (χ2v) is 5.57. The van der Waals surface area contributed by atoms with E-state index >= 15 is 0 Å². The summed E-state index contributed by atoms with van der Waals surface area (Å²) in [6, 6.07) is 0. The smallest absolute Gasteiger partial charge is 0.160 e. The maximum absolute atomic E-state index is 5.60. The molecule has 1 aliphatic rings. The third-order valence-electron chi connectivity index (χ3n) is 3.44. The van der Waals surface area contributed by atoms with Crippen LogP contribution in [0.3, 0.4) is 0 Å². The van der Waals surface area contributed by atoms with Crippen LogP contribution in [0, 0.1) is 0 Å². The van der Waals surface area contributed by atoms with Crippen molar-refractivity contribution in [3.05, 3.63) is 16.3 Å². The molecule has 6 heteroatoms. The molecule has 1 unspecified atom stereocenters. The third-order valence-corrected chi connectivity index (χ3v) is 4.62. The average Bonchev–Trinajstić information content (AvgIpc) is 2.96. The summed E-state index contributed by atoms with van der Waals surface area (Å²) >= 11 is 1.76. The molecule has 0 aliphatic heterocycles. The molecule has 0 fully saturated rings. The van der Waals surface area contributed by atoms with Gasteiger partial charge in [-0.2, -0.15) is 0 Å². The molecule has 96 valence electrons. The number of rotatable bonds is 3. The Labute approximate surface area is 109 Å². The van der Waals surface area contributed by atoms with Crippen molar-refractivity contribution in [3.63, 3.8) is 0 Å². The first-order valence-corrected chi connectivity index (χ1v) is 6.87. The second kappa shape index (κ2) is 4.46. The van der Waals surface area contributed by atoms with E-state index in [9.17, 15) is 0 Å². The van der Waals surface area contributed by atoms with Crippen LogP contribution in [0.4, 0.5) is 5.82 Å². The zero-order chi connectivity index (χ0) is 12.7. The Bertz CT molecular complexity index is 595. The first-order chi connectivity index (χ1) is 8.74. The van der Waals surface area contributed by atoms with Gasteiger partial charge in [-0.15, -0.1) is 11.3 Å². The van der Waals surface area contributed by atoms with Crippen LogP contribution in [-0.2, 0) is 17.6 Å². The Morgan fingerprint density at radius 3 is 2.94 bits per heavy atom. The lowest BCUT2D eigenvalue weighted by Crippen LogP contribution is -2.12. The van der Waals surface area contributed by atoms with Crippen molar-refractivity contribution in [3.8, 4) is 0 Å². The molecule has 0 spiro atoms. The van der Waals surface area contributed by atoms with Gasteiger partial charge in [-0.3, -0.25) is 0 Å². The van der Waals surface area contributed by atoms with Gasteiger partial charge in [0.1, 0.15) is 10.9 Å². The molecular weight excluding hydrogens is 248 g/mol. The predicted molar refractivity (Wildman–Crippen MR) is 72.7 cm³/mol. The molecule has 0 saturated heterocycles. The SMILES string of the molecule is COC(C)c1nc(NN)c2c3c(sc2n1)CCC3. The molecule has 2 aromatic heterocycles. The van der Waals surface area contributed by atoms with Crippen LogP contribution < -0.4 is 11.3 Å². The summed E-state index contributed by atoms with van der Waals surface area (Å²) in [6.07, 6.45) is 3.35. The molecule has 1 aliphatic carbocycles. The summed E-state index contributed by atoms with van der Waals surface area (Å²) in [7, 11) is 1.65. The van der Waals surface area contributed by atoms with Crippen LogP contribution in [0.1, 0.15) is 35.7 Å². The fraction of sp³-hybridized carbons (Fsp3) is 0.500. The van der Waals surface area contributed by atoms with Crippen LogP contribution in [0.15, 0.2) is 0 Å². The van der Waals surface area contributed by atoms with Gasteiger partial charge in [0, 0.05) is 12.0 Å². The van der Waals surface area contributed by atoms with Crippen molar-refractivity contribution in [1.29, 1.82) is 0 Å². The molecule has 0 bridgehead atoms. The van der Waals surface area contributed by atoms with Crippen LogP contribution >= 0.6 is 11.3 Å². The lowest BCUT2D eigenvalue weighted by Gasteiger charge is -2.10. The topological polar surface area (TPSA) is 73.1 Å². The van der Waals surface area contributed by atoms with Gasteiger partial charge < -0.3 is 10.2 Å². The summed E-state index contributed by atoms with van der Waals surface area (Å²) in [5.41, 5.74) is 4.08. The van der Waals surface area contributed by atoms with Gasteiger partial charge in [-0.1, -0.05) is 0 Å². The number of nitrogen functional groups attached to an aromatic ring is 1. The monoisotopic (exact) mass is 264 g/mol. The van der Waals surface area contributed by atoms with Gasteiger partial charge in [-0.25, -0.2) is 15.8 Å². The fourth-order valence-electron chi connectivity index (χ4n) is 2.40. The predicted octanol–water partition coefficient (Wildman–Crippen LogP) is 2.17. The van der Waals surface area contributed by atoms with E-state index < -0.39 is 0 Å². The van der Waals surface area contributed by atoms with Crippen LogP contribution in [0.5, 0.6) is 0 Å². The largest absolute Gasteiger partial charge is 0.374 e. The number of nitrogens with zero attached hydrogens (tertiary/aromatic N) is 2. The van der Waals surface area contributed by atoms with Crippen molar-refractivity contribution in [1.82, 2.24) is 9.97 Å². The summed E-state index contributed by atoms with van der Waals surface area (Å²) < 4.78 is 5.27. The summed E-state index contributed by atoms with van der Waals surface area (Å²) in [4.78, 5) is 11.5. The van der Waals surface area contributed by atoms with E-state index in [1.165, 1.54) is 16.9 Å². The molecule has 0 radical (unpaired) electrons. The van der Waals surface area contributed by atoms with E-state index in [1.807, 2.05) is 6.92 Å². The van der Waals surface area contributed by atoms with Gasteiger partial charge in [0.05, 0.1) is 5.39 Å². The van der Waals surface area contributed by atoms with Crippen molar-refractivity contribution in [2.24, 2.45) is 5.84 Å². The van der Waals surface area contributed by atoms with Crippen molar-refractivity contribution in [2.75, 3.05) is 12.5 Å². The first kappa shape index (κ1) is 11.8. The average molecular weight is 264 g/mol. The minimum Gasteiger partial charge on any atom is -0.374 e. The number of aromatic nitrogens is 2. The Morgan fingerprint density at radius 2 is 2.22 bits per heavy atom. The molecule has 2 aromatic rings. The summed E-state index contributed by atoms with van der Waals surface area (Å²) in [6.45, 7) is 1.93. The van der Waals surface area contributed by atoms with Gasteiger partial charge in [-0.05, 0) is 31.7 Å². The van der Waals surface area contributed by atoms with Gasteiger partial charge in [0.15, 0.2) is 11.6 Å². The van der Waals surface area contributed by atoms with E-state index in [0.29, 0.717) is 5.82 Å². The number of nitrogens with two attached hydrogens (primary N) is 1. The van der Waals surface area contributed by atoms with Crippen molar-refractivity contribution >= 4 is 27.4 Å². The normalized spacial score (nSPS) is 15.9. The standard InChI is InChI=1S/C12H16N4OS/c1-6(17-2)10-14-11(16-13)9-7-4-3-5-8(7)18-12(9)15-10/h6H,3-5,13H2,1-2H3,(H,14,15,16). The zero-order valence-electron chi connectivity index (χ0n) is 10.5. The van der Waals surface area contributed by atoms with Crippen LogP contribution in [0.2, 0.25) is 0 Å². The molecule has 0 amide bonds. The minimum absolute atomic E-state index is 0.126. The molecule has 3 rings (SSSR count). The number of nitrogens with one attached hydrogen (secondary N) is 1. The number of aryl methyl sites for hydroxylation is 2. The lowest BCUT2D eigenvalue weighted by atomic mass is 10.2. The molecule has 0 saturated carbocycles. The number of ether oxygens (including phenoxy) is 1. The number of anilines is 1. The van der Waals surface area contributed by atoms with E-state index in [0.717, 1.165) is 28.9 Å². The zero-order valence-corrected chi connectivity index (χ0v) is 11.3. The summed E-state index contributed by atoms with van der Waals surface area (Å²) in [5.74, 6) is 7.00. The van der Waals surface area contributed by atoms with Gasteiger partial charge >= 0.3 is 0 Å². The highest BCUT2D eigenvalue weighted by atomic mass is 32.1. The number of hydrogen-bond donors (Lipinski definition) is 2. The van der Waals surface area contributed by atoms with Gasteiger partial charge in [0.25, 0.3) is 0 Å². The highest BCUT2D eigenvalue weighted by molar-refractivity contribution is 7.19. The number of hydrazine groups is 1. The Balaban J connectivity index is 2.23. The maximum atomic E-state index is 5.60. The number of fused-ring (bicyclic) bond motifs is 3. The summed E-state index contributed by atoms with van der Waals surface area (Å²) in [5, 5.41) is 1.10. The Hall–Kier alpha value is -1.24. The molecule has 1 atom stereocenters. The molecule has 2 heterocycles. The number of hydrogen-bond acceptors (Lipinski definition) is 6. The molecule has 3 N–H and O–H groups in total. The second-order valence-electron chi connectivity index (χ2n) is 4.49. The van der Waals surface area contributed by atoms with Crippen molar-refractivity contribution < 1.29 is 4.74 Å². The fourth-order valence-corrected chi connectivity index (χ4v) is 3.67. The Kier molecular flexibility index (Phi) is 2.93. The quantitative estimate of drug-likeness (QED) is 0.656. The molecule has 18 heavy (non-hydrogen) atoms. The molecule has 5 nitrogen and oxygen atoms in total. The lowest BCUT2D eigenvalue weighted by molar-refractivity contribution is 0.112. The van der Waals surface area contributed by atoms with E-state index in [4.69, 9.17) is 10.6 Å². The van der Waals surface area contributed by atoms with Crippen LogP contribution in [0.25, 0.3) is 10.2 Å². The molecule has 0 aromatic carbocycles. The molecular formula is C12H16N4OS. The third kappa shape index (κ3) is 1.68.